The van der Waals surface area contributed by atoms with Crippen LogP contribution in [0.1, 0.15) is 15.8 Å². The van der Waals surface area contributed by atoms with Crippen LogP contribution in [0.25, 0.3) is 0 Å². The monoisotopic (exact) mass is 198 g/mol. The third kappa shape index (κ3) is 1.40. The van der Waals surface area contributed by atoms with E-state index in [1.807, 2.05) is 23.6 Å². The first kappa shape index (κ1) is 7.90. The van der Waals surface area contributed by atoms with E-state index in [4.69, 9.17) is 16.0 Å². The van der Waals surface area contributed by atoms with Gasteiger partial charge in [0.15, 0.2) is 0 Å². The molecule has 0 saturated carbocycles. The Labute approximate surface area is 79.6 Å². The molecule has 0 aliphatic heterocycles. The molecule has 0 aromatic carbocycles. The van der Waals surface area contributed by atoms with Crippen LogP contribution >= 0.6 is 22.9 Å². The summed E-state index contributed by atoms with van der Waals surface area (Å²) in [4.78, 5) is 1.15. The summed E-state index contributed by atoms with van der Waals surface area (Å²) in [5.41, 5.74) is 1.01. The molecule has 2 rings (SSSR count). The maximum Gasteiger partial charge on any atom is 0.0958 e. The Kier molecular flexibility index (Phi) is 2.19. The summed E-state index contributed by atoms with van der Waals surface area (Å²) in [6.07, 6.45) is 3.32. The molecule has 0 fully saturated rings. The second-order valence-electron chi connectivity index (χ2n) is 2.43. The lowest BCUT2D eigenvalue weighted by Gasteiger charge is -2.01. The van der Waals surface area contributed by atoms with E-state index in [1.165, 1.54) is 0 Å². The summed E-state index contributed by atoms with van der Waals surface area (Å²) >= 11 is 7.82. The molecule has 2 aromatic rings. The number of hydrogen-bond donors (Lipinski definition) is 0. The lowest BCUT2D eigenvalue weighted by molar-refractivity contribution is 0.564. The Morgan fingerprint density at radius 2 is 2.33 bits per heavy atom. The van der Waals surface area contributed by atoms with Crippen LogP contribution in [0.15, 0.2) is 40.5 Å². The van der Waals surface area contributed by atoms with Gasteiger partial charge in [0.1, 0.15) is 0 Å². The normalized spacial score (nSPS) is 13.1. The van der Waals surface area contributed by atoms with Gasteiger partial charge in [-0.25, -0.2) is 0 Å². The standard InChI is InChI=1S/C9H7ClOS/c10-9(7-3-4-11-6-7)8-2-1-5-12-8/h1-6,9H. The van der Waals surface area contributed by atoms with E-state index in [0.29, 0.717) is 0 Å². The first-order valence-electron chi connectivity index (χ1n) is 3.57. The van der Waals surface area contributed by atoms with E-state index in [0.717, 1.165) is 10.4 Å². The van der Waals surface area contributed by atoms with Crippen molar-refractivity contribution in [3.8, 4) is 0 Å². The number of hydrogen-bond acceptors (Lipinski definition) is 2. The molecule has 1 nitrogen and oxygen atoms in total. The van der Waals surface area contributed by atoms with Crippen molar-refractivity contribution >= 4 is 22.9 Å². The lowest BCUT2D eigenvalue weighted by Crippen LogP contribution is -1.85. The number of thiophene rings is 1. The third-order valence-electron chi connectivity index (χ3n) is 1.63. The number of alkyl halides is 1. The molecule has 1 atom stereocenters. The minimum Gasteiger partial charge on any atom is -0.472 e. The van der Waals surface area contributed by atoms with E-state index in [1.54, 1.807) is 23.9 Å². The molecular formula is C9H7ClOS. The smallest absolute Gasteiger partial charge is 0.0958 e. The Bertz CT molecular complexity index is 291. The Balaban J connectivity index is 2.27. The van der Waals surface area contributed by atoms with Gasteiger partial charge in [-0.1, -0.05) is 6.07 Å². The molecule has 62 valence electrons. The van der Waals surface area contributed by atoms with Gasteiger partial charge in [0.2, 0.25) is 0 Å². The van der Waals surface area contributed by atoms with Crippen molar-refractivity contribution in [3.05, 3.63) is 46.5 Å². The van der Waals surface area contributed by atoms with Crippen molar-refractivity contribution in [3.63, 3.8) is 0 Å². The second-order valence-corrected chi connectivity index (χ2v) is 3.85. The van der Waals surface area contributed by atoms with Crippen molar-refractivity contribution in [1.82, 2.24) is 0 Å². The average Bonchev–Trinajstić information content (AvgIpc) is 2.77. The fraction of sp³-hybridized carbons (Fsp3) is 0.111. The van der Waals surface area contributed by atoms with Gasteiger partial charge in [-0.05, 0) is 17.5 Å². The molecule has 0 saturated heterocycles. The SMILES string of the molecule is ClC(c1ccoc1)c1cccs1. The van der Waals surface area contributed by atoms with Crippen LogP contribution in [0.4, 0.5) is 0 Å². The van der Waals surface area contributed by atoms with Gasteiger partial charge in [-0.15, -0.1) is 22.9 Å². The van der Waals surface area contributed by atoms with Crippen LogP contribution in [0.3, 0.4) is 0 Å². The summed E-state index contributed by atoms with van der Waals surface area (Å²) in [6.45, 7) is 0. The van der Waals surface area contributed by atoms with Crippen molar-refractivity contribution < 1.29 is 4.42 Å². The summed E-state index contributed by atoms with van der Waals surface area (Å²) in [7, 11) is 0. The largest absolute Gasteiger partial charge is 0.472 e. The van der Waals surface area contributed by atoms with Gasteiger partial charge in [0, 0.05) is 10.4 Å². The van der Waals surface area contributed by atoms with Crippen LogP contribution in [0, 0.1) is 0 Å². The lowest BCUT2D eigenvalue weighted by atomic mass is 10.2. The summed E-state index contributed by atoms with van der Waals surface area (Å²) < 4.78 is 4.95. The molecule has 0 aliphatic carbocycles. The number of rotatable bonds is 2. The molecule has 0 aliphatic rings. The van der Waals surface area contributed by atoms with Crippen molar-refractivity contribution in [2.45, 2.75) is 5.38 Å². The van der Waals surface area contributed by atoms with E-state index >= 15 is 0 Å². The fourth-order valence-corrected chi connectivity index (χ4v) is 2.10. The van der Waals surface area contributed by atoms with Crippen molar-refractivity contribution in [2.24, 2.45) is 0 Å². The molecule has 2 aromatic heterocycles. The highest BCUT2D eigenvalue weighted by molar-refractivity contribution is 7.10. The van der Waals surface area contributed by atoms with Gasteiger partial charge in [0.05, 0.1) is 17.9 Å². The minimum atomic E-state index is -0.0660. The fourth-order valence-electron chi connectivity index (χ4n) is 1.02. The van der Waals surface area contributed by atoms with Crippen LogP contribution in [0.2, 0.25) is 0 Å². The molecule has 0 bridgehead atoms. The summed E-state index contributed by atoms with van der Waals surface area (Å²) in [5.74, 6) is 0. The molecule has 1 unspecified atom stereocenters. The van der Waals surface area contributed by atoms with Crippen molar-refractivity contribution in [1.29, 1.82) is 0 Å². The van der Waals surface area contributed by atoms with Crippen LogP contribution in [-0.2, 0) is 0 Å². The van der Waals surface area contributed by atoms with E-state index in [9.17, 15) is 0 Å². The topological polar surface area (TPSA) is 13.1 Å². The summed E-state index contributed by atoms with van der Waals surface area (Å²) in [5, 5.41) is 1.95. The Morgan fingerprint density at radius 1 is 1.42 bits per heavy atom. The quantitative estimate of drug-likeness (QED) is 0.672. The molecule has 0 spiro atoms. The highest BCUT2D eigenvalue weighted by Gasteiger charge is 2.11. The third-order valence-corrected chi connectivity index (χ3v) is 3.18. The predicted octanol–water partition coefficient (Wildman–Crippen LogP) is 3.67. The van der Waals surface area contributed by atoms with E-state index in [2.05, 4.69) is 0 Å². The zero-order valence-corrected chi connectivity index (χ0v) is 7.81. The Hall–Kier alpha value is -0.730. The Morgan fingerprint density at radius 3 is 2.92 bits per heavy atom. The van der Waals surface area contributed by atoms with Crippen LogP contribution in [0.5, 0.6) is 0 Å². The first-order chi connectivity index (χ1) is 5.88. The van der Waals surface area contributed by atoms with Crippen LogP contribution < -0.4 is 0 Å². The zero-order valence-electron chi connectivity index (χ0n) is 6.24. The molecule has 0 amide bonds. The molecule has 2 heterocycles. The molecule has 0 radical (unpaired) electrons. The maximum absolute atomic E-state index is 6.16. The minimum absolute atomic E-state index is 0.0660. The van der Waals surface area contributed by atoms with Gasteiger partial charge in [-0.3, -0.25) is 0 Å². The number of furan rings is 1. The van der Waals surface area contributed by atoms with E-state index in [-0.39, 0.29) is 5.38 Å². The highest BCUT2D eigenvalue weighted by atomic mass is 35.5. The van der Waals surface area contributed by atoms with Gasteiger partial charge < -0.3 is 4.42 Å². The molecular weight excluding hydrogens is 192 g/mol. The summed E-state index contributed by atoms with van der Waals surface area (Å²) in [6, 6.07) is 5.90. The van der Waals surface area contributed by atoms with Crippen LogP contribution in [-0.4, -0.2) is 0 Å². The molecule has 3 heteroatoms. The predicted molar refractivity (Wildman–Crippen MR) is 50.7 cm³/mol. The highest BCUT2D eigenvalue weighted by Crippen LogP contribution is 2.31. The molecule has 12 heavy (non-hydrogen) atoms. The van der Waals surface area contributed by atoms with Gasteiger partial charge in [0.25, 0.3) is 0 Å². The second kappa shape index (κ2) is 3.33. The van der Waals surface area contributed by atoms with Crippen molar-refractivity contribution in [2.75, 3.05) is 0 Å². The molecule has 0 N–H and O–H groups in total. The van der Waals surface area contributed by atoms with E-state index < -0.39 is 0 Å². The number of halogens is 1. The first-order valence-corrected chi connectivity index (χ1v) is 4.89. The maximum atomic E-state index is 6.16. The zero-order chi connectivity index (χ0) is 8.39. The van der Waals surface area contributed by atoms with Gasteiger partial charge >= 0.3 is 0 Å². The van der Waals surface area contributed by atoms with Gasteiger partial charge in [-0.2, -0.15) is 0 Å². The average molecular weight is 199 g/mol.